The fourth-order valence-corrected chi connectivity index (χ4v) is 5.40. The van der Waals surface area contributed by atoms with E-state index >= 15 is 0 Å². The summed E-state index contributed by atoms with van der Waals surface area (Å²) in [6, 6.07) is 17.7. The zero-order valence-corrected chi connectivity index (χ0v) is 25.0. The number of hydrogen-bond donors (Lipinski definition) is 3. The van der Waals surface area contributed by atoms with Crippen LogP contribution in [0.4, 0.5) is 0 Å². The summed E-state index contributed by atoms with van der Waals surface area (Å²) in [5.74, 6) is 0.855. The van der Waals surface area contributed by atoms with Crippen LogP contribution in [0.1, 0.15) is 66.0 Å². The molecule has 1 aromatic carbocycles. The number of rotatable bonds is 11. The highest BCUT2D eigenvalue weighted by Crippen LogP contribution is 2.32. The van der Waals surface area contributed by atoms with Crippen molar-refractivity contribution in [2.24, 2.45) is 5.41 Å². The van der Waals surface area contributed by atoms with Gasteiger partial charge in [0.05, 0.1) is 37.1 Å². The number of pyridine rings is 2. The average molecular weight is 585 g/mol. The van der Waals surface area contributed by atoms with Gasteiger partial charge in [0.2, 0.25) is 5.88 Å². The van der Waals surface area contributed by atoms with E-state index in [0.717, 1.165) is 29.5 Å². The third-order valence-corrected chi connectivity index (χ3v) is 7.50. The molecule has 3 aromatic heterocycles. The zero-order valence-electron chi connectivity index (χ0n) is 25.0. The van der Waals surface area contributed by atoms with Crippen LogP contribution in [0, 0.1) is 5.41 Å². The van der Waals surface area contributed by atoms with Crippen LogP contribution in [-0.2, 0) is 19.4 Å². The first-order chi connectivity index (χ1) is 20.6. The standard InChI is InChI=1S/C34H40N4O5/c1-34(2,3)18-24-16-27-28(13-15-43-33(27)36-19-24)35-20-30(39)29(17-23-8-5-4-6-9-23)37-32(41)25-11-12-31(40)38(21-25)22-26-10-7-14-42-26/h4-12,14,16,19,21,28-30,35,39H,13,15,17-18,20,22H2,1-3H3,(H,37,41)/t28-,29-,30+/m0/s1. The molecular formula is C34H40N4O5. The molecule has 5 rings (SSSR count). The van der Waals surface area contributed by atoms with E-state index in [9.17, 15) is 14.7 Å². The molecule has 1 aliphatic rings. The van der Waals surface area contributed by atoms with Crippen molar-refractivity contribution in [3.63, 3.8) is 0 Å². The van der Waals surface area contributed by atoms with Gasteiger partial charge in [0.25, 0.3) is 11.5 Å². The lowest BCUT2D eigenvalue weighted by Crippen LogP contribution is -2.49. The molecule has 3 atom stereocenters. The number of ether oxygens (including phenoxy) is 1. The molecule has 0 unspecified atom stereocenters. The molecule has 0 bridgehead atoms. The number of nitrogens with one attached hydrogen (secondary N) is 2. The Kier molecular flexibility index (Phi) is 9.43. The lowest BCUT2D eigenvalue weighted by Gasteiger charge is -2.30. The molecule has 1 amide bonds. The second-order valence-corrected chi connectivity index (χ2v) is 12.4. The summed E-state index contributed by atoms with van der Waals surface area (Å²) >= 11 is 0. The number of carbonyl (C=O) groups excluding carboxylic acids is 1. The van der Waals surface area contributed by atoms with E-state index in [1.165, 1.54) is 22.9 Å². The largest absolute Gasteiger partial charge is 0.477 e. The van der Waals surface area contributed by atoms with Gasteiger partial charge in [-0.25, -0.2) is 4.98 Å². The van der Waals surface area contributed by atoms with Crippen molar-refractivity contribution in [2.45, 2.75) is 64.8 Å². The molecular weight excluding hydrogens is 544 g/mol. The predicted molar refractivity (Wildman–Crippen MR) is 164 cm³/mol. The Morgan fingerprint density at radius 2 is 1.93 bits per heavy atom. The summed E-state index contributed by atoms with van der Waals surface area (Å²) in [4.78, 5) is 30.4. The summed E-state index contributed by atoms with van der Waals surface area (Å²) in [6.45, 7) is 7.59. The summed E-state index contributed by atoms with van der Waals surface area (Å²) in [5, 5.41) is 18.0. The predicted octanol–water partition coefficient (Wildman–Crippen LogP) is 4.29. The van der Waals surface area contributed by atoms with Crippen molar-refractivity contribution in [1.29, 1.82) is 0 Å². The topological polar surface area (TPSA) is 119 Å². The molecule has 0 saturated carbocycles. The number of amides is 1. The second-order valence-electron chi connectivity index (χ2n) is 12.4. The molecule has 0 fully saturated rings. The van der Waals surface area contributed by atoms with Crippen molar-refractivity contribution in [3.05, 3.63) is 118 Å². The Labute approximate surface area is 251 Å². The number of carbonyl (C=O) groups is 1. The van der Waals surface area contributed by atoms with E-state index in [1.54, 1.807) is 18.4 Å². The minimum Gasteiger partial charge on any atom is -0.477 e. The smallest absolute Gasteiger partial charge is 0.253 e. The third-order valence-electron chi connectivity index (χ3n) is 7.50. The Balaban J connectivity index is 1.31. The molecule has 9 nitrogen and oxygen atoms in total. The second kappa shape index (κ2) is 13.4. The van der Waals surface area contributed by atoms with Crippen LogP contribution in [0.3, 0.4) is 0 Å². The number of aliphatic hydroxyl groups is 1. The maximum atomic E-state index is 13.4. The fraction of sp³-hybridized carbons (Fsp3) is 0.382. The molecule has 9 heteroatoms. The Bertz CT molecular complexity index is 1560. The molecule has 0 radical (unpaired) electrons. The van der Waals surface area contributed by atoms with Crippen molar-refractivity contribution >= 4 is 5.91 Å². The van der Waals surface area contributed by atoms with Crippen LogP contribution in [0.2, 0.25) is 0 Å². The van der Waals surface area contributed by atoms with Crippen LogP contribution in [0.15, 0.2) is 88.5 Å². The van der Waals surface area contributed by atoms with Crippen molar-refractivity contribution in [2.75, 3.05) is 13.2 Å². The van der Waals surface area contributed by atoms with Gasteiger partial charge in [0.1, 0.15) is 5.76 Å². The molecule has 0 saturated heterocycles. The number of furan rings is 1. The fourth-order valence-electron chi connectivity index (χ4n) is 5.40. The average Bonchev–Trinajstić information content (AvgIpc) is 3.49. The SMILES string of the molecule is CC(C)(C)Cc1cnc2c(c1)[C@@H](NC[C@@H](O)[C@H](Cc1ccccc1)NC(=O)c1ccc(=O)n(Cc3ccco3)c1)CCO2. The summed E-state index contributed by atoms with van der Waals surface area (Å²) in [7, 11) is 0. The first-order valence-electron chi connectivity index (χ1n) is 14.8. The Morgan fingerprint density at radius 1 is 1.12 bits per heavy atom. The van der Waals surface area contributed by atoms with Crippen LogP contribution in [0.5, 0.6) is 5.88 Å². The maximum absolute atomic E-state index is 13.4. The van der Waals surface area contributed by atoms with Gasteiger partial charge in [-0.1, -0.05) is 51.1 Å². The van der Waals surface area contributed by atoms with E-state index in [2.05, 4.69) is 42.5 Å². The molecule has 43 heavy (non-hydrogen) atoms. The monoisotopic (exact) mass is 584 g/mol. The lowest BCUT2D eigenvalue weighted by molar-refractivity contribution is 0.0818. The molecule has 0 spiro atoms. The van der Waals surface area contributed by atoms with Gasteiger partial charge >= 0.3 is 0 Å². The van der Waals surface area contributed by atoms with Gasteiger partial charge in [-0.3, -0.25) is 9.59 Å². The minimum atomic E-state index is -0.893. The molecule has 4 aromatic rings. The van der Waals surface area contributed by atoms with Gasteiger partial charge < -0.3 is 29.5 Å². The summed E-state index contributed by atoms with van der Waals surface area (Å²) < 4.78 is 12.6. The van der Waals surface area contributed by atoms with E-state index in [0.29, 0.717) is 30.2 Å². The van der Waals surface area contributed by atoms with Gasteiger partial charge in [-0.15, -0.1) is 0 Å². The molecule has 4 heterocycles. The first-order valence-corrected chi connectivity index (χ1v) is 14.8. The number of benzene rings is 1. The highest BCUT2D eigenvalue weighted by molar-refractivity contribution is 5.94. The quantitative estimate of drug-likeness (QED) is 0.241. The number of fused-ring (bicyclic) bond motifs is 1. The highest BCUT2D eigenvalue weighted by atomic mass is 16.5. The Morgan fingerprint density at radius 3 is 2.67 bits per heavy atom. The number of aliphatic hydroxyl groups excluding tert-OH is 1. The van der Waals surface area contributed by atoms with E-state index < -0.39 is 12.1 Å². The van der Waals surface area contributed by atoms with Crippen molar-refractivity contribution in [3.8, 4) is 5.88 Å². The van der Waals surface area contributed by atoms with Gasteiger partial charge in [-0.2, -0.15) is 0 Å². The van der Waals surface area contributed by atoms with Crippen LogP contribution in [0.25, 0.3) is 0 Å². The zero-order chi connectivity index (χ0) is 30.4. The number of nitrogens with zero attached hydrogens (tertiary/aromatic N) is 2. The third kappa shape index (κ3) is 8.21. The van der Waals surface area contributed by atoms with Crippen LogP contribution < -0.4 is 20.9 Å². The van der Waals surface area contributed by atoms with E-state index in [4.69, 9.17) is 9.15 Å². The number of aromatic nitrogens is 2. The molecule has 0 aliphatic carbocycles. The maximum Gasteiger partial charge on any atom is 0.253 e. The van der Waals surface area contributed by atoms with Gasteiger partial charge in [-0.05, 0) is 53.6 Å². The van der Waals surface area contributed by atoms with E-state index in [1.807, 2.05) is 36.5 Å². The molecule has 3 N–H and O–H groups in total. The minimum absolute atomic E-state index is 0.0379. The van der Waals surface area contributed by atoms with Crippen LogP contribution in [-0.4, -0.2) is 45.9 Å². The first kappa shape index (κ1) is 30.3. The van der Waals surface area contributed by atoms with Crippen molar-refractivity contribution < 1.29 is 19.1 Å². The number of hydrogen-bond acceptors (Lipinski definition) is 7. The van der Waals surface area contributed by atoms with Gasteiger partial charge in [0.15, 0.2) is 0 Å². The normalized spacial score (nSPS) is 16.1. The Hall–Kier alpha value is -4.21. The van der Waals surface area contributed by atoms with Crippen LogP contribution >= 0.6 is 0 Å². The molecule has 226 valence electrons. The summed E-state index contributed by atoms with van der Waals surface area (Å²) in [6.07, 6.45) is 6.12. The molecule has 1 aliphatic heterocycles. The highest BCUT2D eigenvalue weighted by Gasteiger charge is 2.27. The van der Waals surface area contributed by atoms with Crippen molar-refractivity contribution in [1.82, 2.24) is 20.2 Å². The van der Waals surface area contributed by atoms with Gasteiger partial charge in [0, 0.05) is 43.0 Å². The summed E-state index contributed by atoms with van der Waals surface area (Å²) in [5.41, 5.74) is 3.32. The van der Waals surface area contributed by atoms with E-state index in [-0.39, 0.29) is 36.0 Å². The lowest BCUT2D eigenvalue weighted by atomic mass is 9.87.